The molecule has 0 radical (unpaired) electrons. The fourth-order valence-electron chi connectivity index (χ4n) is 2.01. The highest BCUT2D eigenvalue weighted by molar-refractivity contribution is 7.77. The van der Waals surface area contributed by atoms with Gasteiger partial charge in [0.05, 0.1) is 18.5 Å². The normalized spacial score (nSPS) is 13.5. The van der Waals surface area contributed by atoms with E-state index < -0.39 is 24.9 Å². The molecule has 5 heteroatoms. The molecule has 0 aromatic heterocycles. The lowest BCUT2D eigenvalue weighted by molar-refractivity contribution is -0.305. The third-order valence-corrected chi connectivity index (χ3v) is 8.70. The van der Waals surface area contributed by atoms with Crippen molar-refractivity contribution in [2.75, 3.05) is 18.5 Å². The third-order valence-electron chi connectivity index (χ3n) is 3.20. The van der Waals surface area contributed by atoms with Crippen molar-refractivity contribution in [1.29, 1.82) is 0 Å². The quantitative estimate of drug-likeness (QED) is 0.656. The first-order valence-electron chi connectivity index (χ1n) is 5.21. The molecule has 88 valence electrons. The van der Waals surface area contributed by atoms with Crippen molar-refractivity contribution in [2.45, 2.75) is 32.9 Å². The van der Waals surface area contributed by atoms with Gasteiger partial charge in [0.25, 0.3) is 0 Å². The summed E-state index contributed by atoms with van der Waals surface area (Å²) in [5, 5.41) is 19.6. The highest BCUT2D eigenvalue weighted by Gasteiger charge is 2.45. The smallest absolute Gasteiger partial charge is 0.344 e. The predicted octanol–water partition coefficient (Wildman–Crippen LogP) is 0.657. The van der Waals surface area contributed by atoms with Crippen LogP contribution in [0, 0.1) is 0 Å². The van der Waals surface area contributed by atoms with Crippen LogP contribution in [0.15, 0.2) is 0 Å². The maximum Gasteiger partial charge on any atom is 0.344 e. The molecule has 15 heavy (non-hydrogen) atoms. The Balaban J connectivity index is 4.99. The number of carbonyl (C=O) groups excluding carboxylic acids is 1. The Hall–Kier alpha value is -0.630. The number of carboxylic acid groups (broad SMARTS) is 2. The zero-order valence-corrected chi connectivity index (χ0v) is 10.4. The maximum absolute atomic E-state index is 11.1. The zero-order valence-electron chi connectivity index (χ0n) is 9.52. The van der Waals surface area contributed by atoms with Crippen molar-refractivity contribution < 1.29 is 19.8 Å². The molecule has 0 rings (SSSR count). The van der Waals surface area contributed by atoms with Gasteiger partial charge in [0.1, 0.15) is 0 Å². The van der Waals surface area contributed by atoms with E-state index in [9.17, 15) is 14.7 Å². The Morgan fingerprint density at radius 2 is 1.60 bits per heavy atom. The fraction of sp³-hybridized carbons (Fsp3) is 0.800. The molecular formula is C10H19O4P. The van der Waals surface area contributed by atoms with E-state index in [1.165, 1.54) is 0 Å². The topological polar surface area (TPSA) is 77.4 Å². The van der Waals surface area contributed by atoms with Crippen LogP contribution in [0.2, 0.25) is 0 Å². The summed E-state index contributed by atoms with van der Waals surface area (Å²) in [6.45, 7) is 5.85. The molecule has 0 saturated carbocycles. The molecule has 0 spiro atoms. The molecule has 1 N–H and O–H groups in total. The van der Waals surface area contributed by atoms with Crippen molar-refractivity contribution in [1.82, 2.24) is 0 Å². The molecule has 1 atom stereocenters. The van der Waals surface area contributed by atoms with E-state index in [1.807, 2.05) is 20.8 Å². The molecule has 0 heterocycles. The molecule has 0 aliphatic heterocycles. The van der Waals surface area contributed by atoms with Gasteiger partial charge < -0.3 is 15.0 Å². The summed E-state index contributed by atoms with van der Waals surface area (Å²) in [7, 11) is -1.68. The molecule has 0 aromatic rings. The number of hydrogen-bond acceptors (Lipinski definition) is 3. The fourth-order valence-corrected chi connectivity index (χ4v) is 5.67. The molecule has 0 aliphatic carbocycles. The van der Waals surface area contributed by atoms with Crippen molar-refractivity contribution in [3.8, 4) is 0 Å². The minimum Gasteiger partial charge on any atom is -0.550 e. The monoisotopic (exact) mass is 234 g/mol. The summed E-state index contributed by atoms with van der Waals surface area (Å²) in [5.74, 6) is -2.25. The summed E-state index contributed by atoms with van der Waals surface area (Å²) in [4.78, 5) is 21.6. The molecule has 0 fully saturated rings. The van der Waals surface area contributed by atoms with Gasteiger partial charge in [-0.2, -0.15) is 0 Å². The van der Waals surface area contributed by atoms with Gasteiger partial charge in [-0.3, -0.25) is 0 Å². The van der Waals surface area contributed by atoms with E-state index >= 15 is 0 Å². The van der Waals surface area contributed by atoms with Crippen LogP contribution in [0.25, 0.3) is 0 Å². The first kappa shape index (κ1) is 14.4. The van der Waals surface area contributed by atoms with Crippen LogP contribution in [0.1, 0.15) is 27.2 Å². The zero-order chi connectivity index (χ0) is 12.1. The third kappa shape index (κ3) is 3.45. The standard InChI is InChI=1S/C10H19O4P/c1-4-15(5-2,6-3)8(10(13)14)7-9(11)12/h8H,4-7H2,1-3H3,(H-,11,12,13,14). The summed E-state index contributed by atoms with van der Waals surface area (Å²) in [6.07, 6.45) is 2.00. The highest BCUT2D eigenvalue weighted by atomic mass is 31.2. The molecule has 4 nitrogen and oxygen atoms in total. The van der Waals surface area contributed by atoms with Crippen molar-refractivity contribution in [3.63, 3.8) is 0 Å². The van der Waals surface area contributed by atoms with Crippen LogP contribution in [-0.2, 0) is 9.59 Å². The van der Waals surface area contributed by atoms with E-state index in [0.29, 0.717) is 0 Å². The van der Waals surface area contributed by atoms with Gasteiger partial charge in [-0.05, 0) is 20.8 Å². The lowest BCUT2D eigenvalue weighted by Gasteiger charge is -2.30. The number of carbonyl (C=O) groups is 2. The first-order valence-corrected chi connectivity index (χ1v) is 7.63. The van der Waals surface area contributed by atoms with Gasteiger partial charge in [-0.15, -0.1) is 0 Å². The summed E-state index contributed by atoms with van der Waals surface area (Å²) in [5.41, 5.74) is -0.734. The molecular weight excluding hydrogens is 215 g/mol. The summed E-state index contributed by atoms with van der Waals surface area (Å²) in [6, 6.07) is 0. The maximum atomic E-state index is 11.1. The van der Waals surface area contributed by atoms with Gasteiger partial charge in [-0.1, -0.05) is 0 Å². The molecule has 0 bridgehead atoms. The second-order valence-electron chi connectivity index (χ2n) is 3.60. The van der Waals surface area contributed by atoms with Crippen molar-refractivity contribution in [2.24, 2.45) is 0 Å². The van der Waals surface area contributed by atoms with E-state index in [2.05, 4.69) is 0 Å². The Kier molecular flexibility index (Phi) is 5.81. The minimum absolute atomic E-state index is 0.349. The van der Waals surface area contributed by atoms with Gasteiger partial charge >= 0.3 is 5.97 Å². The highest BCUT2D eigenvalue weighted by Crippen LogP contribution is 2.63. The van der Waals surface area contributed by atoms with Crippen LogP contribution in [0.3, 0.4) is 0 Å². The van der Waals surface area contributed by atoms with Crippen LogP contribution in [0.4, 0.5) is 0 Å². The average Bonchev–Trinajstić information content (AvgIpc) is 2.19. The lowest BCUT2D eigenvalue weighted by atomic mass is 10.3. The lowest BCUT2D eigenvalue weighted by Crippen LogP contribution is -2.35. The van der Waals surface area contributed by atoms with Crippen LogP contribution >= 0.6 is 7.26 Å². The number of hydrogen-bond donors (Lipinski definition) is 1. The van der Waals surface area contributed by atoms with Crippen LogP contribution in [-0.4, -0.2) is 41.2 Å². The van der Waals surface area contributed by atoms with Crippen LogP contribution < -0.4 is 5.11 Å². The molecule has 0 aromatic carbocycles. The van der Waals surface area contributed by atoms with Gasteiger partial charge in [0.15, 0.2) is 5.66 Å². The Bertz CT molecular complexity index is 227. The molecule has 1 unspecified atom stereocenters. The van der Waals surface area contributed by atoms with E-state index in [-0.39, 0.29) is 6.42 Å². The van der Waals surface area contributed by atoms with E-state index in [4.69, 9.17) is 5.11 Å². The van der Waals surface area contributed by atoms with Crippen molar-refractivity contribution in [3.05, 3.63) is 0 Å². The minimum atomic E-state index is -1.68. The molecule has 0 amide bonds. The molecule has 0 saturated heterocycles. The predicted molar refractivity (Wildman–Crippen MR) is 59.6 cm³/mol. The largest absolute Gasteiger partial charge is 0.550 e. The first-order chi connectivity index (χ1) is 6.93. The second-order valence-corrected chi connectivity index (χ2v) is 8.56. The second kappa shape index (κ2) is 6.06. The van der Waals surface area contributed by atoms with Gasteiger partial charge in [0.2, 0.25) is 0 Å². The Morgan fingerprint density at radius 3 is 1.80 bits per heavy atom. The Labute approximate surface area is 91.0 Å². The number of carboxylic acids is 2. The number of rotatable bonds is 7. The van der Waals surface area contributed by atoms with Gasteiger partial charge in [0, 0.05) is 19.7 Å². The number of aliphatic carboxylic acids is 2. The van der Waals surface area contributed by atoms with Crippen molar-refractivity contribution >= 4 is 19.2 Å². The Morgan fingerprint density at radius 1 is 1.20 bits per heavy atom. The van der Waals surface area contributed by atoms with E-state index in [0.717, 1.165) is 18.5 Å². The van der Waals surface area contributed by atoms with Crippen LogP contribution in [0.5, 0.6) is 0 Å². The summed E-state index contributed by atoms with van der Waals surface area (Å²) < 4.78 is 0. The summed E-state index contributed by atoms with van der Waals surface area (Å²) >= 11 is 0. The van der Waals surface area contributed by atoms with Gasteiger partial charge in [-0.25, -0.2) is 4.79 Å². The average molecular weight is 234 g/mol. The SMILES string of the molecule is CC[P+](CC)(CC)C(CC(=O)[O-])C(=O)O. The van der Waals surface area contributed by atoms with E-state index in [1.54, 1.807) is 0 Å². The molecule has 0 aliphatic rings.